The molecule has 1 aromatic carbocycles. The SMILES string of the molecule is CCc1ccc(CN)cc1OC. The van der Waals surface area contributed by atoms with Gasteiger partial charge in [0, 0.05) is 6.54 Å². The van der Waals surface area contributed by atoms with Gasteiger partial charge < -0.3 is 10.5 Å². The Bertz CT molecular complexity index is 258. The molecular formula is C10H15NO. The van der Waals surface area contributed by atoms with E-state index in [2.05, 4.69) is 13.0 Å². The van der Waals surface area contributed by atoms with Crippen molar-refractivity contribution in [3.63, 3.8) is 0 Å². The number of benzene rings is 1. The molecule has 0 radical (unpaired) electrons. The first-order valence-corrected chi connectivity index (χ1v) is 4.17. The molecule has 0 saturated heterocycles. The Balaban J connectivity index is 3.02. The van der Waals surface area contributed by atoms with Gasteiger partial charge in [0.2, 0.25) is 0 Å². The zero-order valence-corrected chi connectivity index (χ0v) is 7.63. The molecule has 0 bridgehead atoms. The van der Waals surface area contributed by atoms with Crippen molar-refractivity contribution in [2.75, 3.05) is 7.11 Å². The highest BCUT2D eigenvalue weighted by Crippen LogP contribution is 2.20. The summed E-state index contributed by atoms with van der Waals surface area (Å²) in [5, 5.41) is 0. The first kappa shape index (κ1) is 9.07. The monoisotopic (exact) mass is 165 g/mol. The molecule has 0 atom stereocenters. The summed E-state index contributed by atoms with van der Waals surface area (Å²) in [6.45, 7) is 2.68. The Hall–Kier alpha value is -1.02. The third-order valence-corrected chi connectivity index (χ3v) is 1.97. The molecule has 0 unspecified atom stereocenters. The van der Waals surface area contributed by atoms with E-state index in [1.807, 2.05) is 12.1 Å². The lowest BCUT2D eigenvalue weighted by Gasteiger charge is -2.07. The van der Waals surface area contributed by atoms with E-state index in [1.165, 1.54) is 5.56 Å². The number of aryl methyl sites for hydroxylation is 1. The van der Waals surface area contributed by atoms with Crippen LogP contribution >= 0.6 is 0 Å². The number of rotatable bonds is 3. The van der Waals surface area contributed by atoms with Gasteiger partial charge in [-0.3, -0.25) is 0 Å². The molecule has 0 fully saturated rings. The largest absolute Gasteiger partial charge is 0.496 e. The molecule has 2 heteroatoms. The van der Waals surface area contributed by atoms with Crippen LogP contribution in [0.3, 0.4) is 0 Å². The summed E-state index contributed by atoms with van der Waals surface area (Å²) in [6, 6.07) is 6.11. The third kappa shape index (κ3) is 1.77. The van der Waals surface area contributed by atoms with E-state index in [0.717, 1.165) is 17.7 Å². The summed E-state index contributed by atoms with van der Waals surface area (Å²) in [6.07, 6.45) is 0.994. The van der Waals surface area contributed by atoms with Crippen molar-refractivity contribution < 1.29 is 4.74 Å². The van der Waals surface area contributed by atoms with Crippen molar-refractivity contribution >= 4 is 0 Å². The molecule has 0 heterocycles. The van der Waals surface area contributed by atoms with Crippen LogP contribution in [0.1, 0.15) is 18.1 Å². The van der Waals surface area contributed by atoms with Crippen molar-refractivity contribution in [3.8, 4) is 5.75 Å². The van der Waals surface area contributed by atoms with E-state index < -0.39 is 0 Å². The summed E-state index contributed by atoms with van der Waals surface area (Å²) < 4.78 is 5.22. The second-order valence-electron chi connectivity index (χ2n) is 2.70. The molecule has 0 aromatic heterocycles. The summed E-state index contributed by atoms with van der Waals surface area (Å²) in [5.41, 5.74) is 7.86. The van der Waals surface area contributed by atoms with Crippen molar-refractivity contribution in [3.05, 3.63) is 29.3 Å². The van der Waals surface area contributed by atoms with Gasteiger partial charge in [-0.05, 0) is 23.6 Å². The lowest BCUT2D eigenvalue weighted by atomic mass is 10.1. The van der Waals surface area contributed by atoms with Gasteiger partial charge in [-0.25, -0.2) is 0 Å². The van der Waals surface area contributed by atoms with Gasteiger partial charge in [-0.1, -0.05) is 19.1 Å². The molecule has 1 rings (SSSR count). The molecule has 2 N–H and O–H groups in total. The summed E-state index contributed by atoms with van der Waals surface area (Å²) >= 11 is 0. The van der Waals surface area contributed by atoms with Crippen molar-refractivity contribution in [2.45, 2.75) is 19.9 Å². The Morgan fingerprint density at radius 1 is 1.42 bits per heavy atom. The quantitative estimate of drug-likeness (QED) is 0.740. The molecule has 0 aliphatic heterocycles. The Kier molecular flexibility index (Phi) is 3.11. The van der Waals surface area contributed by atoms with Gasteiger partial charge in [0.05, 0.1) is 7.11 Å². The minimum atomic E-state index is 0.570. The maximum absolute atomic E-state index is 5.51. The lowest BCUT2D eigenvalue weighted by molar-refractivity contribution is 0.409. The van der Waals surface area contributed by atoms with Crippen molar-refractivity contribution in [1.82, 2.24) is 0 Å². The van der Waals surface area contributed by atoms with E-state index in [0.29, 0.717) is 6.54 Å². The summed E-state index contributed by atoms with van der Waals surface area (Å²) in [4.78, 5) is 0. The predicted molar refractivity (Wildman–Crippen MR) is 50.3 cm³/mol. The molecule has 12 heavy (non-hydrogen) atoms. The maximum atomic E-state index is 5.51. The molecule has 2 nitrogen and oxygen atoms in total. The molecule has 0 spiro atoms. The van der Waals surface area contributed by atoms with E-state index >= 15 is 0 Å². The normalized spacial score (nSPS) is 9.92. The Labute approximate surface area is 73.3 Å². The summed E-state index contributed by atoms with van der Waals surface area (Å²) in [5.74, 6) is 0.945. The van der Waals surface area contributed by atoms with Crippen LogP contribution in [0.25, 0.3) is 0 Å². The topological polar surface area (TPSA) is 35.2 Å². The van der Waals surface area contributed by atoms with E-state index in [1.54, 1.807) is 7.11 Å². The van der Waals surface area contributed by atoms with Crippen LogP contribution in [0.4, 0.5) is 0 Å². The number of ether oxygens (including phenoxy) is 1. The average Bonchev–Trinajstić information content (AvgIpc) is 2.16. The first-order valence-electron chi connectivity index (χ1n) is 4.17. The Morgan fingerprint density at radius 3 is 2.67 bits per heavy atom. The number of hydrogen-bond donors (Lipinski definition) is 1. The van der Waals surface area contributed by atoms with E-state index in [4.69, 9.17) is 10.5 Å². The number of nitrogens with two attached hydrogens (primary N) is 1. The Morgan fingerprint density at radius 2 is 2.17 bits per heavy atom. The third-order valence-electron chi connectivity index (χ3n) is 1.97. The minimum absolute atomic E-state index is 0.570. The highest BCUT2D eigenvalue weighted by atomic mass is 16.5. The second kappa shape index (κ2) is 4.12. The predicted octanol–water partition coefficient (Wildman–Crippen LogP) is 1.72. The maximum Gasteiger partial charge on any atom is 0.122 e. The molecule has 0 saturated carbocycles. The van der Waals surface area contributed by atoms with E-state index in [9.17, 15) is 0 Å². The minimum Gasteiger partial charge on any atom is -0.496 e. The zero-order chi connectivity index (χ0) is 8.97. The fourth-order valence-corrected chi connectivity index (χ4v) is 1.21. The van der Waals surface area contributed by atoms with Crippen molar-refractivity contribution in [2.24, 2.45) is 5.73 Å². The van der Waals surface area contributed by atoms with Crippen LogP contribution in [0, 0.1) is 0 Å². The fourth-order valence-electron chi connectivity index (χ4n) is 1.21. The number of hydrogen-bond acceptors (Lipinski definition) is 2. The van der Waals surface area contributed by atoms with Crippen LogP contribution in [-0.4, -0.2) is 7.11 Å². The van der Waals surface area contributed by atoms with Crippen LogP contribution in [-0.2, 0) is 13.0 Å². The fraction of sp³-hybridized carbons (Fsp3) is 0.400. The molecule has 0 aliphatic rings. The molecule has 0 amide bonds. The van der Waals surface area contributed by atoms with Crippen LogP contribution in [0.2, 0.25) is 0 Å². The zero-order valence-electron chi connectivity index (χ0n) is 7.63. The lowest BCUT2D eigenvalue weighted by Crippen LogP contribution is -1.98. The van der Waals surface area contributed by atoms with Gasteiger partial charge in [0.25, 0.3) is 0 Å². The van der Waals surface area contributed by atoms with Crippen molar-refractivity contribution in [1.29, 1.82) is 0 Å². The van der Waals surface area contributed by atoms with Crippen LogP contribution < -0.4 is 10.5 Å². The molecule has 0 aliphatic carbocycles. The molecule has 66 valence electrons. The van der Waals surface area contributed by atoms with Gasteiger partial charge >= 0.3 is 0 Å². The van der Waals surface area contributed by atoms with Gasteiger partial charge in [-0.2, -0.15) is 0 Å². The van der Waals surface area contributed by atoms with Gasteiger partial charge in [-0.15, -0.1) is 0 Å². The van der Waals surface area contributed by atoms with Gasteiger partial charge in [0.1, 0.15) is 5.75 Å². The standard InChI is InChI=1S/C10H15NO/c1-3-9-5-4-8(7-11)6-10(9)12-2/h4-6H,3,7,11H2,1-2H3. The second-order valence-corrected chi connectivity index (χ2v) is 2.70. The van der Waals surface area contributed by atoms with E-state index in [-0.39, 0.29) is 0 Å². The average molecular weight is 165 g/mol. The summed E-state index contributed by atoms with van der Waals surface area (Å²) in [7, 11) is 1.69. The first-order chi connectivity index (χ1) is 5.81. The molecule has 1 aromatic rings. The highest BCUT2D eigenvalue weighted by Gasteiger charge is 2.00. The smallest absolute Gasteiger partial charge is 0.122 e. The highest BCUT2D eigenvalue weighted by molar-refractivity contribution is 5.37. The van der Waals surface area contributed by atoms with Crippen LogP contribution in [0.15, 0.2) is 18.2 Å². The van der Waals surface area contributed by atoms with Gasteiger partial charge in [0.15, 0.2) is 0 Å². The molecular weight excluding hydrogens is 150 g/mol. The number of methoxy groups -OCH3 is 1. The van der Waals surface area contributed by atoms with Crippen LogP contribution in [0.5, 0.6) is 5.75 Å².